The maximum atomic E-state index is 13.1. The molecule has 8 heteroatoms. The third kappa shape index (κ3) is 4.71. The van der Waals surface area contributed by atoms with Crippen LogP contribution >= 0.6 is 11.3 Å². The highest BCUT2D eigenvalue weighted by Crippen LogP contribution is 2.33. The van der Waals surface area contributed by atoms with E-state index < -0.39 is 16.1 Å². The molecule has 31 heavy (non-hydrogen) atoms. The highest BCUT2D eigenvalue weighted by atomic mass is 32.2. The summed E-state index contributed by atoms with van der Waals surface area (Å²) in [7, 11) is -3.41. The number of carbonyl (C=O) groups excluding carboxylic acids is 1. The Hall–Kier alpha value is -2.16. The molecular formula is C23H29N3O3S2. The van der Waals surface area contributed by atoms with Gasteiger partial charge in [0.15, 0.2) is 0 Å². The molecule has 0 radical (unpaired) electrons. The fourth-order valence-electron chi connectivity index (χ4n) is 4.43. The molecule has 2 aromatic heterocycles. The van der Waals surface area contributed by atoms with Gasteiger partial charge in [-0.1, -0.05) is 37.6 Å². The number of hydrogen-bond acceptors (Lipinski definition) is 4. The smallest absolute Gasteiger partial charge is 0.238 e. The number of carbonyl (C=O) groups is 1. The van der Waals surface area contributed by atoms with E-state index in [0.717, 1.165) is 29.3 Å². The van der Waals surface area contributed by atoms with Crippen LogP contribution in [-0.2, 0) is 14.8 Å². The summed E-state index contributed by atoms with van der Waals surface area (Å²) < 4.78 is 26.8. The molecule has 1 aromatic carbocycles. The SMILES string of the molecule is CCCS(=O)(=O)N1CCCCC1C(=O)NCC(c1cccs1)c1c[nH]c2ccccc12. The van der Waals surface area contributed by atoms with Gasteiger partial charge in [0.05, 0.1) is 5.75 Å². The minimum atomic E-state index is -3.41. The number of benzene rings is 1. The van der Waals surface area contributed by atoms with Gasteiger partial charge in [-0.25, -0.2) is 8.42 Å². The lowest BCUT2D eigenvalue weighted by Gasteiger charge is -2.34. The molecule has 2 N–H and O–H groups in total. The first-order chi connectivity index (χ1) is 15.0. The molecule has 0 aliphatic carbocycles. The predicted octanol–water partition coefficient (Wildman–Crippen LogP) is 4.07. The van der Waals surface area contributed by atoms with Gasteiger partial charge in [0.1, 0.15) is 6.04 Å². The van der Waals surface area contributed by atoms with Crippen LogP contribution in [0.15, 0.2) is 48.0 Å². The first kappa shape index (κ1) is 22.0. The van der Waals surface area contributed by atoms with Crippen LogP contribution in [0.5, 0.6) is 0 Å². The Labute approximate surface area is 187 Å². The molecule has 0 spiro atoms. The Morgan fingerprint density at radius 1 is 1.26 bits per heavy atom. The largest absolute Gasteiger partial charge is 0.361 e. The fourth-order valence-corrected chi connectivity index (χ4v) is 7.02. The number of rotatable bonds is 8. The third-order valence-corrected chi connectivity index (χ3v) is 9.00. The van der Waals surface area contributed by atoms with Crippen LogP contribution < -0.4 is 5.32 Å². The quantitative estimate of drug-likeness (QED) is 0.533. The van der Waals surface area contributed by atoms with Crippen LogP contribution in [0.4, 0.5) is 0 Å². The van der Waals surface area contributed by atoms with Gasteiger partial charge in [-0.2, -0.15) is 4.31 Å². The van der Waals surface area contributed by atoms with Crippen LogP contribution in [0.1, 0.15) is 49.0 Å². The van der Waals surface area contributed by atoms with E-state index in [-0.39, 0.29) is 17.6 Å². The molecule has 4 rings (SSSR count). The summed E-state index contributed by atoms with van der Waals surface area (Å²) >= 11 is 1.66. The van der Waals surface area contributed by atoms with Gasteiger partial charge >= 0.3 is 0 Å². The number of fused-ring (bicyclic) bond motifs is 1. The summed E-state index contributed by atoms with van der Waals surface area (Å²) in [6, 6.07) is 11.6. The molecule has 1 aliphatic rings. The molecule has 1 saturated heterocycles. The number of nitrogens with zero attached hydrogens (tertiary/aromatic N) is 1. The van der Waals surface area contributed by atoms with Crippen LogP contribution in [-0.4, -0.2) is 48.5 Å². The Balaban J connectivity index is 1.55. The minimum Gasteiger partial charge on any atom is -0.361 e. The number of sulfonamides is 1. The molecule has 166 valence electrons. The Kier molecular flexibility index (Phi) is 6.79. The predicted molar refractivity (Wildman–Crippen MR) is 126 cm³/mol. The van der Waals surface area contributed by atoms with Crippen LogP contribution in [0.2, 0.25) is 0 Å². The van der Waals surface area contributed by atoms with Crippen LogP contribution in [0.3, 0.4) is 0 Å². The highest BCUT2D eigenvalue weighted by molar-refractivity contribution is 7.89. The topological polar surface area (TPSA) is 82.3 Å². The molecule has 1 aliphatic heterocycles. The zero-order chi connectivity index (χ0) is 21.8. The molecule has 3 heterocycles. The average molecular weight is 460 g/mol. The van der Waals surface area contributed by atoms with Crippen LogP contribution in [0, 0.1) is 0 Å². The van der Waals surface area contributed by atoms with E-state index in [0.29, 0.717) is 25.9 Å². The summed E-state index contributed by atoms with van der Waals surface area (Å²) in [6.07, 6.45) is 4.81. The van der Waals surface area contributed by atoms with E-state index in [4.69, 9.17) is 0 Å². The minimum absolute atomic E-state index is 0.00406. The van der Waals surface area contributed by atoms with Gasteiger partial charge in [0.2, 0.25) is 15.9 Å². The van der Waals surface area contributed by atoms with Crippen molar-refractivity contribution >= 4 is 38.2 Å². The molecular weight excluding hydrogens is 430 g/mol. The second-order valence-electron chi connectivity index (χ2n) is 8.04. The molecule has 0 bridgehead atoms. The average Bonchev–Trinajstić information content (AvgIpc) is 3.45. The van der Waals surface area contributed by atoms with Crippen molar-refractivity contribution in [1.29, 1.82) is 0 Å². The monoisotopic (exact) mass is 459 g/mol. The lowest BCUT2D eigenvalue weighted by molar-refractivity contribution is -0.125. The third-order valence-electron chi connectivity index (χ3n) is 5.94. The first-order valence-electron chi connectivity index (χ1n) is 10.9. The Morgan fingerprint density at radius 3 is 2.87 bits per heavy atom. The number of aromatic nitrogens is 1. The van der Waals surface area contributed by atoms with Gasteiger partial charge in [-0.15, -0.1) is 11.3 Å². The molecule has 2 atom stereocenters. The van der Waals surface area contributed by atoms with E-state index in [1.807, 2.05) is 42.8 Å². The Morgan fingerprint density at radius 2 is 2.10 bits per heavy atom. The lowest BCUT2D eigenvalue weighted by Crippen LogP contribution is -2.52. The number of para-hydroxylation sites is 1. The van der Waals surface area contributed by atoms with Crippen molar-refractivity contribution in [3.05, 3.63) is 58.4 Å². The summed E-state index contributed by atoms with van der Waals surface area (Å²) in [6.45, 7) is 2.71. The van der Waals surface area contributed by atoms with E-state index in [9.17, 15) is 13.2 Å². The first-order valence-corrected chi connectivity index (χ1v) is 13.4. The van der Waals surface area contributed by atoms with Gasteiger partial charge in [0.25, 0.3) is 0 Å². The number of thiophene rings is 1. The van der Waals surface area contributed by atoms with Gasteiger partial charge < -0.3 is 10.3 Å². The lowest BCUT2D eigenvalue weighted by atomic mass is 9.96. The van der Waals surface area contributed by atoms with E-state index in [1.165, 1.54) is 9.18 Å². The molecule has 6 nitrogen and oxygen atoms in total. The summed E-state index contributed by atoms with van der Waals surface area (Å²) in [5, 5.41) is 6.27. The second-order valence-corrected chi connectivity index (χ2v) is 11.1. The summed E-state index contributed by atoms with van der Waals surface area (Å²) in [4.78, 5) is 17.6. The van der Waals surface area contributed by atoms with Crippen molar-refractivity contribution in [1.82, 2.24) is 14.6 Å². The van der Waals surface area contributed by atoms with Gasteiger partial charge in [-0.3, -0.25) is 4.79 Å². The Bertz CT molecular complexity index is 1120. The van der Waals surface area contributed by atoms with Crippen molar-refractivity contribution in [2.75, 3.05) is 18.8 Å². The second kappa shape index (κ2) is 9.54. The molecule has 1 fully saturated rings. The van der Waals surface area contributed by atoms with E-state index >= 15 is 0 Å². The van der Waals surface area contributed by atoms with Gasteiger partial charge in [-0.05, 0) is 42.3 Å². The van der Waals surface area contributed by atoms with Crippen LogP contribution in [0.25, 0.3) is 10.9 Å². The number of nitrogens with one attached hydrogen (secondary N) is 2. The molecule has 1 amide bonds. The summed E-state index contributed by atoms with van der Waals surface area (Å²) in [5.74, 6) is -0.102. The van der Waals surface area contributed by atoms with Crippen molar-refractivity contribution in [2.24, 2.45) is 0 Å². The maximum Gasteiger partial charge on any atom is 0.238 e. The normalized spacial score (nSPS) is 18.8. The van der Waals surface area contributed by atoms with Crippen molar-refractivity contribution in [3.63, 3.8) is 0 Å². The number of H-pyrrole nitrogens is 1. The summed E-state index contributed by atoms with van der Waals surface area (Å²) in [5.41, 5.74) is 2.20. The molecule has 3 aromatic rings. The van der Waals surface area contributed by atoms with Crippen molar-refractivity contribution in [3.8, 4) is 0 Å². The number of hydrogen-bond donors (Lipinski definition) is 2. The molecule has 2 unspecified atom stereocenters. The standard InChI is InChI=1S/C23H29N3O3S2/c1-2-14-31(28,29)26-12-6-5-10-21(26)23(27)25-16-19(22-11-7-13-30-22)18-15-24-20-9-4-3-8-17(18)20/h3-4,7-9,11,13,15,19,21,24H,2,5-6,10,12,14,16H2,1H3,(H,25,27). The van der Waals surface area contributed by atoms with Gasteiger partial charge in [0, 0.05) is 41.0 Å². The molecule has 0 saturated carbocycles. The zero-order valence-electron chi connectivity index (χ0n) is 17.7. The highest BCUT2D eigenvalue weighted by Gasteiger charge is 2.36. The fraction of sp³-hybridized carbons (Fsp3) is 0.435. The maximum absolute atomic E-state index is 13.1. The van der Waals surface area contributed by atoms with Crippen molar-refractivity contribution < 1.29 is 13.2 Å². The number of piperidine rings is 1. The number of aromatic amines is 1. The number of amides is 1. The zero-order valence-corrected chi connectivity index (χ0v) is 19.3. The van der Waals surface area contributed by atoms with Crippen molar-refractivity contribution in [2.45, 2.75) is 44.6 Å². The van der Waals surface area contributed by atoms with E-state index in [2.05, 4.69) is 22.4 Å². The van der Waals surface area contributed by atoms with E-state index in [1.54, 1.807) is 11.3 Å².